The molecule has 0 saturated heterocycles. The molecular weight excluding hydrogens is 447 g/mol. The van der Waals surface area contributed by atoms with Crippen molar-refractivity contribution < 1.29 is 0 Å². The molecule has 0 atom stereocenters. The first kappa shape index (κ1) is 37.3. The Morgan fingerprint density at radius 2 is 0.760 bits per heavy atom. The van der Waals surface area contributed by atoms with Gasteiger partial charge in [-0.3, -0.25) is 0 Å². The van der Waals surface area contributed by atoms with E-state index in [0.29, 0.717) is 0 Å². The van der Waals surface area contributed by atoms with Gasteiger partial charge in [0.2, 0.25) is 0 Å². The molecule has 4 radical (unpaired) electrons. The molecule has 25 heavy (non-hydrogen) atoms. The van der Waals surface area contributed by atoms with Crippen LogP contribution in [0.2, 0.25) is 0 Å². The van der Waals surface area contributed by atoms with E-state index >= 15 is 0 Å². The second-order valence-electron chi connectivity index (χ2n) is 5.87. The Bertz CT molecular complexity index is 112. The summed E-state index contributed by atoms with van der Waals surface area (Å²) in [5.41, 5.74) is 0. The van der Waals surface area contributed by atoms with Crippen LogP contribution in [0, 0.1) is 12.8 Å². The summed E-state index contributed by atoms with van der Waals surface area (Å²) in [4.78, 5) is 0. The zero-order valence-electron chi connectivity index (χ0n) is 18.4. The molecule has 0 spiro atoms. The summed E-state index contributed by atoms with van der Waals surface area (Å²) >= 11 is 9.60. The summed E-state index contributed by atoms with van der Waals surface area (Å²) in [5, 5.41) is 0. The van der Waals surface area contributed by atoms with Crippen LogP contribution in [-0.2, 0) is 25.3 Å². The van der Waals surface area contributed by atoms with Gasteiger partial charge in [0, 0.05) is 0 Å². The van der Waals surface area contributed by atoms with Crippen LogP contribution in [0.15, 0.2) is 0 Å². The van der Waals surface area contributed by atoms with E-state index in [2.05, 4.69) is 54.4 Å². The quantitative estimate of drug-likeness (QED) is 0.154. The average Bonchev–Trinajstić information content (AvgIpc) is 2.63. The minimum absolute atomic E-state index is 0. The van der Waals surface area contributed by atoms with Crippen LogP contribution in [0.1, 0.15) is 119 Å². The van der Waals surface area contributed by atoms with Crippen molar-refractivity contribution in [1.82, 2.24) is 0 Å². The Kier molecular flexibility index (Phi) is 74.5. The van der Waals surface area contributed by atoms with E-state index in [-0.39, 0.29) is 23.9 Å². The van der Waals surface area contributed by atoms with Crippen molar-refractivity contribution >= 4 is 49.2 Å². The summed E-state index contributed by atoms with van der Waals surface area (Å²) in [5.74, 6) is 1.90. The maximum Gasteiger partial charge on any atom is 2.00 e. The minimum Gasteiger partial charge on any atom is -0.793 e. The van der Waals surface area contributed by atoms with E-state index in [0.717, 1.165) is 11.5 Å². The zero-order chi connectivity index (χ0) is 19.3. The van der Waals surface area contributed by atoms with Crippen molar-refractivity contribution in [2.45, 2.75) is 119 Å². The van der Waals surface area contributed by atoms with Crippen LogP contribution in [0.25, 0.3) is 0 Å². The molecule has 0 N–H and O–H groups in total. The van der Waals surface area contributed by atoms with E-state index in [9.17, 15) is 0 Å². The molecule has 0 nitrogen and oxygen atoms in total. The molecular formula is C22H48S2Sn. The van der Waals surface area contributed by atoms with Gasteiger partial charge in [-0.2, -0.15) is 11.5 Å². The number of hydrogen-bond donors (Lipinski definition) is 0. The largest absolute Gasteiger partial charge is 2.00 e. The number of unbranched alkanes of at least 4 members (excludes halogenated alkanes) is 10. The Morgan fingerprint density at radius 3 is 0.920 bits per heavy atom. The van der Waals surface area contributed by atoms with Crippen molar-refractivity contribution in [1.29, 1.82) is 0 Å². The topological polar surface area (TPSA) is 0 Å². The molecule has 0 aromatic rings. The maximum absolute atomic E-state index is 4.80. The molecule has 152 valence electrons. The smallest absolute Gasteiger partial charge is 0.793 e. The first-order valence-corrected chi connectivity index (χ1v) is 11.5. The van der Waals surface area contributed by atoms with Gasteiger partial charge in [-0.1, -0.05) is 119 Å². The predicted octanol–water partition coefficient (Wildman–Crippen LogP) is 7.87. The zero-order valence-corrected chi connectivity index (χ0v) is 22.9. The Hall–Kier alpha value is 1.50. The Balaban J connectivity index is -0.0000000739. The normalized spacial score (nSPS) is 8.64. The van der Waals surface area contributed by atoms with Crippen molar-refractivity contribution in [3.8, 4) is 0 Å². The van der Waals surface area contributed by atoms with Crippen LogP contribution >= 0.6 is 0 Å². The van der Waals surface area contributed by atoms with Gasteiger partial charge in [0.15, 0.2) is 0 Å². The van der Waals surface area contributed by atoms with Crippen LogP contribution in [-0.4, -0.2) is 35.4 Å². The van der Waals surface area contributed by atoms with Crippen LogP contribution in [0.3, 0.4) is 0 Å². The van der Waals surface area contributed by atoms with E-state index in [1.54, 1.807) is 0 Å². The molecule has 0 rings (SSSR count). The van der Waals surface area contributed by atoms with Gasteiger partial charge in [-0.15, -0.1) is 0 Å². The van der Waals surface area contributed by atoms with Gasteiger partial charge < -0.3 is 25.3 Å². The van der Waals surface area contributed by atoms with E-state index < -0.39 is 0 Å². The molecule has 0 aliphatic heterocycles. The predicted molar refractivity (Wildman–Crippen MR) is 128 cm³/mol. The van der Waals surface area contributed by atoms with Crippen LogP contribution < -0.4 is 0 Å². The minimum atomic E-state index is 0. The summed E-state index contributed by atoms with van der Waals surface area (Å²) in [6.45, 7) is 12.8. The molecule has 0 amide bonds. The van der Waals surface area contributed by atoms with Gasteiger partial charge in [-0.05, 0) is 12.8 Å². The third kappa shape index (κ3) is 77.3. The summed E-state index contributed by atoms with van der Waals surface area (Å²) < 4.78 is 0. The van der Waals surface area contributed by atoms with Gasteiger partial charge in [-0.25, -0.2) is 0 Å². The molecule has 0 bridgehead atoms. The van der Waals surface area contributed by atoms with Gasteiger partial charge >= 0.3 is 23.9 Å². The summed E-state index contributed by atoms with van der Waals surface area (Å²) in [6, 6.07) is 0. The SMILES string of the molecule is CCCCCCC[S-].CCCCCCC[S-].C[CH]CC.C[CH]CC.[Sn+2]. The van der Waals surface area contributed by atoms with E-state index in [1.165, 1.54) is 77.0 Å². The molecule has 0 aliphatic rings. The first-order chi connectivity index (χ1) is 11.7. The second-order valence-corrected chi connectivity index (χ2v) is 6.69. The molecule has 0 aliphatic carbocycles. The van der Waals surface area contributed by atoms with Crippen molar-refractivity contribution in [2.75, 3.05) is 11.5 Å². The fourth-order valence-electron chi connectivity index (χ4n) is 1.41. The third-order valence-corrected chi connectivity index (χ3v) is 3.89. The van der Waals surface area contributed by atoms with E-state index in [4.69, 9.17) is 25.3 Å². The van der Waals surface area contributed by atoms with Gasteiger partial charge in [0.1, 0.15) is 0 Å². The first-order valence-electron chi connectivity index (χ1n) is 10.4. The molecule has 0 saturated carbocycles. The van der Waals surface area contributed by atoms with Crippen molar-refractivity contribution in [3.05, 3.63) is 12.8 Å². The Labute approximate surface area is 191 Å². The van der Waals surface area contributed by atoms with Crippen molar-refractivity contribution in [2.24, 2.45) is 0 Å². The third-order valence-electron chi connectivity index (χ3n) is 3.31. The average molecular weight is 495 g/mol. The molecule has 0 aromatic carbocycles. The Morgan fingerprint density at radius 1 is 0.520 bits per heavy atom. The van der Waals surface area contributed by atoms with Gasteiger partial charge in [0.25, 0.3) is 0 Å². The molecule has 0 heterocycles. The van der Waals surface area contributed by atoms with Gasteiger partial charge in [0.05, 0.1) is 0 Å². The standard InChI is InChI=1S/2C7H16S.2C4H9.Sn/c2*1-2-3-4-5-6-7-8;2*1-3-4-2;/h2*8H,2-7H2,1H3;2*3H,4H2,1-2H3;/q;;;;+2/p-2. The fourth-order valence-corrected chi connectivity index (χ4v) is 1.82. The molecule has 0 fully saturated rings. The molecule has 0 aromatic heterocycles. The van der Waals surface area contributed by atoms with Crippen LogP contribution in [0.5, 0.6) is 0 Å². The van der Waals surface area contributed by atoms with Crippen molar-refractivity contribution in [3.63, 3.8) is 0 Å². The fraction of sp³-hybridized carbons (Fsp3) is 0.909. The van der Waals surface area contributed by atoms with E-state index in [1.807, 2.05) is 0 Å². The summed E-state index contributed by atoms with van der Waals surface area (Å²) in [7, 11) is 0. The monoisotopic (exact) mass is 496 g/mol. The molecule has 0 unspecified atom stereocenters. The number of hydrogen-bond acceptors (Lipinski definition) is 2. The molecule has 3 heteroatoms. The van der Waals surface area contributed by atoms with Crippen LogP contribution in [0.4, 0.5) is 0 Å². The second kappa shape index (κ2) is 50.0. The number of rotatable bonds is 12. The summed E-state index contributed by atoms with van der Waals surface area (Å²) in [6.07, 6.45) is 20.0. The maximum atomic E-state index is 4.80.